The third kappa shape index (κ3) is 2.10. The monoisotopic (exact) mass is 263 g/mol. The van der Waals surface area contributed by atoms with Gasteiger partial charge in [0, 0.05) is 17.6 Å². The molecule has 3 atom stereocenters. The Morgan fingerprint density at radius 3 is 3.06 bits per heavy atom. The zero-order valence-electron chi connectivity index (χ0n) is 10.5. The van der Waals surface area contributed by atoms with Crippen molar-refractivity contribution in [2.45, 2.75) is 25.8 Å². The molecule has 0 aliphatic heterocycles. The fourth-order valence-electron chi connectivity index (χ4n) is 2.96. The molecule has 0 radical (unpaired) electrons. The standard InChI is InChI=1S/C15H18ClNO/c1-2-18-15-7-6-11(9-13(15)16)17-14-8-10-4-3-5-12(10)14/h3,5-7,9-10,12,14,17H,2,4,8H2,1H3. The fraction of sp³-hybridized carbons (Fsp3) is 0.467. The Bertz CT molecular complexity index is 472. The van der Waals surface area contributed by atoms with Crippen molar-refractivity contribution in [3.05, 3.63) is 35.4 Å². The number of hydrogen-bond donors (Lipinski definition) is 1. The molecule has 0 aromatic heterocycles. The molecule has 3 rings (SSSR count). The number of anilines is 1. The van der Waals surface area contributed by atoms with E-state index < -0.39 is 0 Å². The summed E-state index contributed by atoms with van der Waals surface area (Å²) in [4.78, 5) is 0. The molecule has 2 nitrogen and oxygen atoms in total. The van der Waals surface area contributed by atoms with E-state index in [9.17, 15) is 0 Å². The molecule has 0 spiro atoms. The summed E-state index contributed by atoms with van der Waals surface area (Å²) in [6.07, 6.45) is 7.18. The van der Waals surface area contributed by atoms with Crippen LogP contribution in [0.3, 0.4) is 0 Å². The van der Waals surface area contributed by atoms with Crippen LogP contribution in [0.5, 0.6) is 5.75 Å². The van der Waals surface area contributed by atoms with E-state index in [-0.39, 0.29) is 0 Å². The zero-order chi connectivity index (χ0) is 12.5. The van der Waals surface area contributed by atoms with Gasteiger partial charge in [-0.15, -0.1) is 0 Å². The van der Waals surface area contributed by atoms with Crippen LogP contribution in [0.15, 0.2) is 30.4 Å². The molecule has 18 heavy (non-hydrogen) atoms. The molecule has 0 bridgehead atoms. The maximum atomic E-state index is 6.19. The van der Waals surface area contributed by atoms with Crippen LogP contribution in [0.25, 0.3) is 0 Å². The van der Waals surface area contributed by atoms with Crippen molar-refractivity contribution in [2.24, 2.45) is 11.8 Å². The molecule has 1 N–H and O–H groups in total. The molecule has 0 heterocycles. The maximum absolute atomic E-state index is 6.19. The first-order valence-corrected chi connectivity index (χ1v) is 7.01. The Morgan fingerprint density at radius 2 is 2.33 bits per heavy atom. The molecular formula is C15H18ClNO. The van der Waals surface area contributed by atoms with Gasteiger partial charge in [-0.1, -0.05) is 23.8 Å². The molecule has 0 saturated heterocycles. The molecule has 96 valence electrons. The second-order valence-electron chi connectivity index (χ2n) is 5.07. The largest absolute Gasteiger partial charge is 0.492 e. The van der Waals surface area contributed by atoms with E-state index in [1.54, 1.807) is 0 Å². The second kappa shape index (κ2) is 4.85. The normalized spacial score (nSPS) is 28.7. The van der Waals surface area contributed by atoms with Crippen molar-refractivity contribution in [1.82, 2.24) is 0 Å². The van der Waals surface area contributed by atoms with Crippen LogP contribution in [-0.4, -0.2) is 12.6 Å². The van der Waals surface area contributed by atoms with E-state index in [2.05, 4.69) is 17.5 Å². The average molecular weight is 264 g/mol. The number of ether oxygens (including phenoxy) is 1. The summed E-state index contributed by atoms with van der Waals surface area (Å²) in [6.45, 7) is 2.60. The minimum atomic E-state index is 0.572. The zero-order valence-corrected chi connectivity index (χ0v) is 11.3. The van der Waals surface area contributed by atoms with Gasteiger partial charge in [-0.05, 0) is 43.9 Å². The van der Waals surface area contributed by atoms with Crippen LogP contribution in [0.1, 0.15) is 19.8 Å². The predicted octanol–water partition coefficient (Wildman–Crippen LogP) is 4.12. The van der Waals surface area contributed by atoms with Gasteiger partial charge in [0.1, 0.15) is 5.75 Å². The van der Waals surface area contributed by atoms with Crippen molar-refractivity contribution in [2.75, 3.05) is 11.9 Å². The molecule has 3 unspecified atom stereocenters. The molecule has 1 fully saturated rings. The van der Waals surface area contributed by atoms with Crippen LogP contribution in [0.2, 0.25) is 5.02 Å². The summed E-state index contributed by atoms with van der Waals surface area (Å²) >= 11 is 6.19. The Morgan fingerprint density at radius 1 is 1.44 bits per heavy atom. The van der Waals surface area contributed by atoms with Crippen LogP contribution in [0, 0.1) is 11.8 Å². The van der Waals surface area contributed by atoms with Crippen LogP contribution in [0.4, 0.5) is 5.69 Å². The molecule has 0 amide bonds. The highest BCUT2D eigenvalue weighted by atomic mass is 35.5. The average Bonchev–Trinajstić information content (AvgIpc) is 2.71. The third-order valence-electron chi connectivity index (χ3n) is 3.95. The van der Waals surface area contributed by atoms with Crippen LogP contribution in [-0.2, 0) is 0 Å². The van der Waals surface area contributed by atoms with Gasteiger partial charge >= 0.3 is 0 Å². The highest BCUT2D eigenvalue weighted by Gasteiger charge is 2.40. The molecule has 2 aliphatic carbocycles. The number of halogens is 1. The predicted molar refractivity (Wildman–Crippen MR) is 75.4 cm³/mol. The van der Waals surface area contributed by atoms with Crippen LogP contribution < -0.4 is 10.1 Å². The number of hydrogen-bond acceptors (Lipinski definition) is 2. The van der Waals surface area contributed by atoms with Crippen molar-refractivity contribution in [3.8, 4) is 5.75 Å². The number of nitrogens with one attached hydrogen (secondary N) is 1. The van der Waals surface area contributed by atoms with E-state index in [0.29, 0.717) is 17.7 Å². The fourth-order valence-corrected chi connectivity index (χ4v) is 3.20. The van der Waals surface area contributed by atoms with E-state index in [1.807, 2.05) is 25.1 Å². The van der Waals surface area contributed by atoms with Crippen molar-refractivity contribution in [3.63, 3.8) is 0 Å². The van der Waals surface area contributed by atoms with E-state index in [1.165, 1.54) is 12.8 Å². The van der Waals surface area contributed by atoms with E-state index in [4.69, 9.17) is 16.3 Å². The molecule has 3 heteroatoms. The second-order valence-corrected chi connectivity index (χ2v) is 5.47. The van der Waals surface area contributed by atoms with Gasteiger partial charge in [-0.2, -0.15) is 0 Å². The van der Waals surface area contributed by atoms with Gasteiger partial charge in [0.05, 0.1) is 11.6 Å². The lowest BCUT2D eigenvalue weighted by atomic mass is 9.71. The first-order chi connectivity index (χ1) is 8.78. The highest BCUT2D eigenvalue weighted by molar-refractivity contribution is 6.32. The number of rotatable bonds is 4. The van der Waals surface area contributed by atoms with Gasteiger partial charge in [0.15, 0.2) is 0 Å². The van der Waals surface area contributed by atoms with Crippen LogP contribution >= 0.6 is 11.6 Å². The Hall–Kier alpha value is -1.15. The summed E-state index contributed by atoms with van der Waals surface area (Å²) < 4.78 is 5.44. The van der Waals surface area contributed by atoms with Crippen molar-refractivity contribution < 1.29 is 4.74 Å². The molecule has 1 aromatic carbocycles. The van der Waals surface area contributed by atoms with Gasteiger partial charge in [0.2, 0.25) is 0 Å². The minimum Gasteiger partial charge on any atom is -0.492 e. The minimum absolute atomic E-state index is 0.572. The van der Waals surface area contributed by atoms with Crippen molar-refractivity contribution in [1.29, 1.82) is 0 Å². The van der Waals surface area contributed by atoms with E-state index >= 15 is 0 Å². The van der Waals surface area contributed by atoms with Crippen molar-refractivity contribution >= 4 is 17.3 Å². The summed E-state index contributed by atoms with van der Waals surface area (Å²) in [5, 5.41) is 4.25. The number of fused-ring (bicyclic) bond motifs is 1. The summed E-state index contributed by atoms with van der Waals surface area (Å²) in [6, 6.07) is 6.51. The summed E-state index contributed by atoms with van der Waals surface area (Å²) in [5.74, 6) is 2.35. The molecule has 1 aromatic rings. The lowest BCUT2D eigenvalue weighted by Gasteiger charge is -2.41. The SMILES string of the molecule is CCOc1ccc(NC2CC3CC=CC32)cc1Cl. The lowest BCUT2D eigenvalue weighted by Crippen LogP contribution is -2.43. The van der Waals surface area contributed by atoms with Gasteiger partial charge < -0.3 is 10.1 Å². The smallest absolute Gasteiger partial charge is 0.138 e. The number of allylic oxidation sites excluding steroid dienone is 1. The highest BCUT2D eigenvalue weighted by Crippen LogP contribution is 2.44. The Balaban J connectivity index is 1.66. The summed E-state index contributed by atoms with van der Waals surface area (Å²) in [7, 11) is 0. The molecule has 1 saturated carbocycles. The quantitative estimate of drug-likeness (QED) is 0.826. The topological polar surface area (TPSA) is 21.3 Å². The maximum Gasteiger partial charge on any atom is 0.138 e. The molecular weight excluding hydrogens is 246 g/mol. The molecule has 2 aliphatic rings. The Kier molecular flexibility index (Phi) is 3.21. The van der Waals surface area contributed by atoms with E-state index in [0.717, 1.165) is 23.3 Å². The van der Waals surface area contributed by atoms with Gasteiger partial charge in [-0.25, -0.2) is 0 Å². The third-order valence-corrected chi connectivity index (χ3v) is 4.24. The number of benzene rings is 1. The van der Waals surface area contributed by atoms with Gasteiger partial charge in [-0.3, -0.25) is 0 Å². The first kappa shape index (κ1) is 11.9. The lowest BCUT2D eigenvalue weighted by molar-refractivity contribution is 0.218. The Labute approximate surface area is 113 Å². The summed E-state index contributed by atoms with van der Waals surface area (Å²) in [5.41, 5.74) is 1.09. The van der Waals surface area contributed by atoms with Gasteiger partial charge in [0.25, 0.3) is 0 Å². The first-order valence-electron chi connectivity index (χ1n) is 6.63.